The summed E-state index contributed by atoms with van der Waals surface area (Å²) in [6.45, 7) is 4.90. The highest BCUT2D eigenvalue weighted by atomic mass is 127. The van der Waals surface area contributed by atoms with Gasteiger partial charge in [-0.1, -0.05) is 0 Å². The van der Waals surface area contributed by atoms with Crippen molar-refractivity contribution >= 4 is 47.2 Å². The maximum atomic E-state index is 12.7. The van der Waals surface area contributed by atoms with E-state index in [4.69, 9.17) is 0 Å². The van der Waals surface area contributed by atoms with Crippen LogP contribution in [0.5, 0.6) is 0 Å². The molecule has 1 atom stereocenters. The molecule has 0 aliphatic carbocycles. The van der Waals surface area contributed by atoms with Gasteiger partial charge in [0.15, 0.2) is 11.7 Å². The van der Waals surface area contributed by atoms with Gasteiger partial charge in [0.05, 0.1) is 6.54 Å². The highest BCUT2D eigenvalue weighted by molar-refractivity contribution is 14.0. The van der Waals surface area contributed by atoms with Gasteiger partial charge in [-0.15, -0.1) is 35.3 Å². The monoisotopic (exact) mass is 517 g/mol. The Morgan fingerprint density at radius 2 is 2.30 bits per heavy atom. The summed E-state index contributed by atoms with van der Waals surface area (Å²) < 4.78 is 38.0. The number of aromatic nitrogens is 1. The number of guanidine groups is 1. The van der Waals surface area contributed by atoms with Crippen molar-refractivity contribution in [1.82, 2.24) is 20.5 Å². The number of aliphatic imine (C=N–C) groups is 1. The number of alkyl halides is 3. The molecule has 0 saturated carbocycles. The zero-order chi connectivity index (χ0) is 18.8. The van der Waals surface area contributed by atoms with E-state index in [9.17, 15) is 18.0 Å². The molecule has 11 heteroatoms. The number of hydrogen-bond acceptors (Lipinski definition) is 4. The average molecular weight is 517 g/mol. The van der Waals surface area contributed by atoms with Gasteiger partial charge in [-0.3, -0.25) is 4.79 Å². The van der Waals surface area contributed by atoms with Crippen LogP contribution >= 0.6 is 35.3 Å². The van der Waals surface area contributed by atoms with Crippen molar-refractivity contribution in [3.05, 3.63) is 16.1 Å². The molecule has 6 nitrogen and oxygen atoms in total. The molecule has 1 aromatic rings. The maximum absolute atomic E-state index is 12.7. The molecule has 2 aliphatic rings. The molecule has 2 fully saturated rings. The van der Waals surface area contributed by atoms with Crippen molar-refractivity contribution in [2.24, 2.45) is 10.4 Å². The number of carbonyl (C=O) groups excluding carboxylic acids is 1. The number of carbonyl (C=O) groups is 1. The molecule has 1 unspecified atom stereocenters. The second-order valence-corrected chi connectivity index (χ2v) is 7.72. The van der Waals surface area contributed by atoms with Gasteiger partial charge in [0.2, 0.25) is 5.91 Å². The smallest absolute Gasteiger partial charge is 0.357 e. The minimum absolute atomic E-state index is 0. The largest absolute Gasteiger partial charge is 0.434 e. The fourth-order valence-electron chi connectivity index (χ4n) is 3.51. The highest BCUT2D eigenvalue weighted by Gasteiger charge is 2.42. The second kappa shape index (κ2) is 8.93. The predicted octanol–water partition coefficient (Wildman–Crippen LogP) is 2.85. The predicted molar refractivity (Wildman–Crippen MR) is 108 cm³/mol. The number of thiazole rings is 1. The summed E-state index contributed by atoms with van der Waals surface area (Å²) in [6.07, 6.45) is -1.97. The molecular formula is C16H23F3IN5OS. The number of piperidine rings is 1. The van der Waals surface area contributed by atoms with Gasteiger partial charge < -0.3 is 15.5 Å². The molecule has 0 radical (unpaired) electrons. The van der Waals surface area contributed by atoms with Crippen LogP contribution in [0.4, 0.5) is 13.2 Å². The van der Waals surface area contributed by atoms with Crippen molar-refractivity contribution in [3.8, 4) is 0 Å². The first-order chi connectivity index (χ1) is 12.3. The summed E-state index contributed by atoms with van der Waals surface area (Å²) >= 11 is 0.963. The standard InChI is InChI=1S/C16H22F3N5OS.HI/c1-2-20-14(21-7-13-23-11(8-26-13)16(17,18)19)24-5-3-4-15(10-24)6-12(25)22-9-15;/h8H,2-7,9-10H2,1H3,(H,20,21)(H,22,25);1H. The lowest BCUT2D eigenvalue weighted by molar-refractivity contribution is -0.140. The van der Waals surface area contributed by atoms with Crippen molar-refractivity contribution in [2.45, 2.75) is 38.9 Å². The lowest BCUT2D eigenvalue weighted by Gasteiger charge is -2.40. The maximum Gasteiger partial charge on any atom is 0.434 e. The first-order valence-corrected chi connectivity index (χ1v) is 9.51. The third-order valence-corrected chi connectivity index (χ3v) is 5.53. The summed E-state index contributed by atoms with van der Waals surface area (Å²) in [5.74, 6) is 0.742. The van der Waals surface area contributed by atoms with Gasteiger partial charge in [0, 0.05) is 43.4 Å². The molecule has 0 aromatic carbocycles. The van der Waals surface area contributed by atoms with E-state index in [1.807, 2.05) is 6.92 Å². The minimum atomic E-state index is -4.43. The zero-order valence-corrected chi connectivity index (χ0v) is 18.1. The van der Waals surface area contributed by atoms with Gasteiger partial charge in [-0.2, -0.15) is 13.2 Å². The van der Waals surface area contributed by atoms with Crippen LogP contribution in [0, 0.1) is 5.41 Å². The number of rotatable bonds is 3. The summed E-state index contributed by atoms with van der Waals surface area (Å²) in [5, 5.41) is 7.46. The highest BCUT2D eigenvalue weighted by Crippen LogP contribution is 2.36. The van der Waals surface area contributed by atoms with Crippen LogP contribution in [0.15, 0.2) is 10.4 Å². The average Bonchev–Trinajstić information content (AvgIpc) is 3.19. The van der Waals surface area contributed by atoms with Gasteiger partial charge >= 0.3 is 6.18 Å². The zero-order valence-electron chi connectivity index (χ0n) is 14.9. The summed E-state index contributed by atoms with van der Waals surface area (Å²) in [5.41, 5.74) is -0.943. The van der Waals surface area contributed by atoms with Crippen LogP contribution in [0.2, 0.25) is 0 Å². The van der Waals surface area contributed by atoms with Gasteiger partial charge in [-0.05, 0) is 19.8 Å². The van der Waals surface area contributed by atoms with Crippen LogP contribution in [-0.2, 0) is 17.5 Å². The van der Waals surface area contributed by atoms with E-state index < -0.39 is 11.9 Å². The van der Waals surface area contributed by atoms with Crippen molar-refractivity contribution in [3.63, 3.8) is 0 Å². The number of hydrogen-bond donors (Lipinski definition) is 2. The van der Waals surface area contributed by atoms with E-state index in [1.54, 1.807) is 0 Å². The molecule has 1 aromatic heterocycles. The normalized spacial score (nSPS) is 23.3. The topological polar surface area (TPSA) is 69.6 Å². The third kappa shape index (κ3) is 5.46. The minimum Gasteiger partial charge on any atom is -0.357 e. The van der Waals surface area contributed by atoms with Crippen LogP contribution in [0.1, 0.15) is 36.9 Å². The van der Waals surface area contributed by atoms with E-state index >= 15 is 0 Å². The van der Waals surface area contributed by atoms with Gasteiger partial charge in [0.1, 0.15) is 5.01 Å². The van der Waals surface area contributed by atoms with Crippen LogP contribution in [0.25, 0.3) is 0 Å². The van der Waals surface area contributed by atoms with Crippen molar-refractivity contribution in [2.75, 3.05) is 26.2 Å². The van der Waals surface area contributed by atoms with Gasteiger partial charge in [-0.25, -0.2) is 9.98 Å². The number of amides is 1. The molecule has 1 spiro atoms. The molecule has 3 heterocycles. The van der Waals surface area contributed by atoms with E-state index in [0.717, 1.165) is 36.1 Å². The number of nitrogens with zero attached hydrogens (tertiary/aromatic N) is 3. The lowest BCUT2D eigenvalue weighted by Crippen LogP contribution is -2.51. The Hall–Kier alpha value is -1.11. The Morgan fingerprint density at radius 1 is 1.52 bits per heavy atom. The van der Waals surface area contributed by atoms with E-state index in [1.165, 1.54) is 0 Å². The first kappa shape index (κ1) is 22.2. The van der Waals surface area contributed by atoms with E-state index in [0.29, 0.717) is 37.0 Å². The Morgan fingerprint density at radius 3 is 2.89 bits per heavy atom. The molecule has 3 rings (SSSR count). The van der Waals surface area contributed by atoms with E-state index in [-0.39, 0.29) is 41.8 Å². The number of halogens is 4. The molecule has 152 valence electrons. The second-order valence-electron chi connectivity index (χ2n) is 6.77. The van der Waals surface area contributed by atoms with E-state index in [2.05, 4.69) is 25.5 Å². The molecule has 27 heavy (non-hydrogen) atoms. The Labute approximate surface area is 177 Å². The molecule has 2 saturated heterocycles. The quantitative estimate of drug-likeness (QED) is 0.368. The molecule has 2 N–H and O–H groups in total. The number of nitrogens with one attached hydrogen (secondary N) is 2. The van der Waals surface area contributed by atoms with Crippen molar-refractivity contribution in [1.29, 1.82) is 0 Å². The molecule has 1 amide bonds. The SMILES string of the molecule is CCNC(=NCc1nc(C(F)(F)F)cs1)N1CCCC2(CNC(=O)C2)C1.I. The lowest BCUT2D eigenvalue weighted by atomic mass is 9.79. The third-order valence-electron chi connectivity index (χ3n) is 4.70. The number of likely N-dealkylation sites (tertiary alicyclic amines) is 1. The fourth-order valence-corrected chi connectivity index (χ4v) is 4.24. The first-order valence-electron chi connectivity index (χ1n) is 8.63. The Bertz CT molecular complexity index is 696. The van der Waals surface area contributed by atoms with Crippen LogP contribution in [0.3, 0.4) is 0 Å². The summed E-state index contributed by atoms with van der Waals surface area (Å²) in [6, 6.07) is 0. The van der Waals surface area contributed by atoms with Gasteiger partial charge in [0.25, 0.3) is 0 Å². The fraction of sp³-hybridized carbons (Fsp3) is 0.688. The molecular weight excluding hydrogens is 494 g/mol. The Balaban J connectivity index is 0.00000261. The van der Waals surface area contributed by atoms with Crippen LogP contribution < -0.4 is 10.6 Å². The summed E-state index contributed by atoms with van der Waals surface area (Å²) in [4.78, 5) is 21.8. The molecule has 2 aliphatic heterocycles. The van der Waals surface area contributed by atoms with Crippen LogP contribution in [-0.4, -0.2) is 47.9 Å². The summed E-state index contributed by atoms with van der Waals surface area (Å²) in [7, 11) is 0. The van der Waals surface area contributed by atoms with Crippen molar-refractivity contribution < 1.29 is 18.0 Å². The Kier molecular flexibility index (Phi) is 7.33. The molecule has 0 bridgehead atoms.